The number of nitrogens with one attached hydrogen (secondary N) is 2. The molecular formula is C27H28N4O7S. The average Bonchev–Trinajstić information content (AvgIpc) is 3.55. The molecule has 3 fully saturated rings. The van der Waals surface area contributed by atoms with Gasteiger partial charge in [0.15, 0.2) is 0 Å². The Hall–Kier alpha value is -4.06. The highest BCUT2D eigenvalue weighted by atomic mass is 32.2. The monoisotopic (exact) mass is 552 g/mol. The first-order valence-corrected chi connectivity index (χ1v) is 13.3. The topological polar surface area (TPSA) is 149 Å². The van der Waals surface area contributed by atoms with Crippen molar-refractivity contribution < 1.29 is 33.5 Å². The van der Waals surface area contributed by atoms with Gasteiger partial charge in [-0.25, -0.2) is 9.59 Å². The minimum atomic E-state index is -1.19. The lowest BCUT2D eigenvalue weighted by Crippen LogP contribution is -2.71. The first kappa shape index (κ1) is 26.5. The molecule has 0 aliphatic carbocycles. The number of hydrogen-bond acceptors (Lipinski definition) is 7. The summed E-state index contributed by atoms with van der Waals surface area (Å²) in [5, 5.41) is 14.4. The Labute approximate surface area is 228 Å². The summed E-state index contributed by atoms with van der Waals surface area (Å²) in [5.74, 6) is -1.51. The molecule has 4 atom stereocenters. The van der Waals surface area contributed by atoms with E-state index in [-0.39, 0.29) is 6.54 Å². The number of rotatable bonds is 6. The molecule has 1 aromatic heterocycles. The zero-order chi connectivity index (χ0) is 28.1. The maximum Gasteiger partial charge on any atom is 0.327 e. The number of likely N-dealkylation sites (tertiary alicyclic amines) is 1. The van der Waals surface area contributed by atoms with Gasteiger partial charge >= 0.3 is 12.0 Å². The van der Waals surface area contributed by atoms with Crippen molar-refractivity contribution in [2.24, 2.45) is 0 Å². The number of furan rings is 1. The molecule has 0 bridgehead atoms. The van der Waals surface area contributed by atoms with Crippen molar-refractivity contribution in [3.63, 3.8) is 0 Å². The summed E-state index contributed by atoms with van der Waals surface area (Å²) in [6.07, 6.45) is 1.93. The van der Waals surface area contributed by atoms with Crippen molar-refractivity contribution in [1.29, 1.82) is 0 Å². The molecule has 4 heterocycles. The molecule has 3 N–H and O–H groups in total. The van der Waals surface area contributed by atoms with Crippen molar-refractivity contribution in [3.8, 4) is 0 Å². The van der Waals surface area contributed by atoms with Crippen LogP contribution in [0.3, 0.4) is 0 Å². The number of carbonyl (C=O) groups excluding carboxylic acids is 4. The summed E-state index contributed by atoms with van der Waals surface area (Å²) in [5.41, 5.74) is 0.873. The molecule has 39 heavy (non-hydrogen) atoms. The molecule has 204 valence electrons. The second-order valence-electron chi connectivity index (χ2n) is 10.2. The predicted octanol–water partition coefficient (Wildman–Crippen LogP) is 2.29. The Kier molecular flexibility index (Phi) is 6.75. The largest absolute Gasteiger partial charge is 0.480 e. The van der Waals surface area contributed by atoms with Crippen LogP contribution in [-0.4, -0.2) is 73.4 Å². The highest BCUT2D eigenvalue weighted by Gasteiger charge is 2.64. The molecule has 5 rings (SSSR count). The van der Waals surface area contributed by atoms with E-state index in [2.05, 4.69) is 10.6 Å². The van der Waals surface area contributed by atoms with E-state index in [1.54, 1.807) is 69.3 Å². The SMILES string of the molecule is Cc1ccc(C=C2CCN(C(=O)NC(C(=O)N[C@@H]3C(=O)N4[C@@H]3SC(C)(C)[C@@H]4C(=O)O)c3ccccc3)C2=O)o1. The molecule has 11 nitrogen and oxygen atoms in total. The number of nitrogens with zero attached hydrogens (tertiary/aromatic N) is 2. The number of hydrogen-bond donors (Lipinski definition) is 3. The average molecular weight is 553 g/mol. The Morgan fingerprint density at radius 3 is 2.51 bits per heavy atom. The molecule has 3 aliphatic rings. The maximum absolute atomic E-state index is 13.4. The van der Waals surface area contributed by atoms with Crippen LogP contribution in [0.5, 0.6) is 0 Å². The summed E-state index contributed by atoms with van der Waals surface area (Å²) in [4.78, 5) is 66.6. The number of β-lactam (4-membered cyclic amide) rings is 1. The first-order valence-electron chi connectivity index (χ1n) is 12.5. The fourth-order valence-corrected chi connectivity index (χ4v) is 6.80. The van der Waals surface area contributed by atoms with Crippen molar-refractivity contribution >= 4 is 47.6 Å². The van der Waals surface area contributed by atoms with E-state index in [9.17, 15) is 29.1 Å². The zero-order valence-electron chi connectivity index (χ0n) is 21.5. The number of benzene rings is 1. The lowest BCUT2D eigenvalue weighted by molar-refractivity contribution is -0.161. The Bertz CT molecular complexity index is 1390. The molecule has 5 amide bonds. The Morgan fingerprint density at radius 1 is 1.15 bits per heavy atom. The number of urea groups is 1. The van der Waals surface area contributed by atoms with Crippen molar-refractivity contribution in [2.45, 2.75) is 55.4 Å². The number of carboxylic acids is 1. The number of aryl methyl sites for hydroxylation is 1. The van der Waals surface area contributed by atoms with Crippen molar-refractivity contribution in [1.82, 2.24) is 20.4 Å². The van der Waals surface area contributed by atoms with Crippen LogP contribution in [0.15, 0.2) is 52.5 Å². The van der Waals surface area contributed by atoms with E-state index in [0.717, 1.165) is 4.90 Å². The molecule has 1 aromatic carbocycles. The van der Waals surface area contributed by atoms with Gasteiger partial charge in [0.2, 0.25) is 11.8 Å². The smallest absolute Gasteiger partial charge is 0.327 e. The van der Waals surface area contributed by atoms with Gasteiger partial charge in [0.25, 0.3) is 5.91 Å². The number of amides is 5. The van der Waals surface area contributed by atoms with Gasteiger partial charge in [-0.1, -0.05) is 30.3 Å². The van der Waals surface area contributed by atoms with E-state index in [0.29, 0.717) is 29.1 Å². The third-order valence-corrected chi connectivity index (χ3v) is 8.65. The van der Waals surface area contributed by atoms with E-state index < -0.39 is 58.0 Å². The predicted molar refractivity (Wildman–Crippen MR) is 141 cm³/mol. The second-order valence-corrected chi connectivity index (χ2v) is 12.0. The maximum atomic E-state index is 13.4. The molecule has 2 aromatic rings. The van der Waals surface area contributed by atoms with Gasteiger partial charge < -0.3 is 25.1 Å². The molecule has 3 saturated heterocycles. The molecule has 0 spiro atoms. The minimum Gasteiger partial charge on any atom is -0.480 e. The van der Waals surface area contributed by atoms with Crippen LogP contribution in [-0.2, 0) is 19.2 Å². The standard InChI is InChI=1S/C27H28N4O7S/c1-14-9-10-17(38-14)13-16-11-12-30(22(16)33)26(37)29-18(15-7-5-4-6-8-15)21(32)28-19-23(34)31-20(25(35)36)27(2,3)39-24(19)31/h4-10,13,18-20,24H,11-12H2,1-3H3,(H,28,32)(H,29,37)(H,35,36)/t18?,19-,20+,24-/m1/s1. The first-order chi connectivity index (χ1) is 18.5. The van der Waals surface area contributed by atoms with E-state index >= 15 is 0 Å². The summed E-state index contributed by atoms with van der Waals surface area (Å²) in [6, 6.07) is 8.12. The number of aliphatic carboxylic acids is 1. The van der Waals surface area contributed by atoms with E-state index in [1.807, 2.05) is 0 Å². The fourth-order valence-electron chi connectivity index (χ4n) is 5.17. The van der Waals surface area contributed by atoms with Gasteiger partial charge in [0.05, 0.1) is 0 Å². The Morgan fingerprint density at radius 2 is 1.87 bits per heavy atom. The Balaban J connectivity index is 1.31. The van der Waals surface area contributed by atoms with Crippen molar-refractivity contribution in [3.05, 3.63) is 65.1 Å². The zero-order valence-corrected chi connectivity index (χ0v) is 22.4. The lowest BCUT2D eigenvalue weighted by atomic mass is 9.95. The van der Waals surface area contributed by atoms with Gasteiger partial charge in [0.1, 0.15) is 35.0 Å². The van der Waals surface area contributed by atoms with Gasteiger partial charge in [0, 0.05) is 16.9 Å². The highest BCUT2D eigenvalue weighted by Crippen LogP contribution is 2.50. The number of thioether (sulfide) groups is 1. The molecular weight excluding hydrogens is 524 g/mol. The third kappa shape index (κ3) is 4.80. The summed E-state index contributed by atoms with van der Waals surface area (Å²) in [7, 11) is 0. The van der Waals surface area contributed by atoms with Crippen LogP contribution >= 0.6 is 11.8 Å². The van der Waals surface area contributed by atoms with E-state index in [1.165, 1.54) is 16.7 Å². The van der Waals surface area contributed by atoms with E-state index in [4.69, 9.17) is 4.42 Å². The molecule has 3 aliphatic heterocycles. The normalized spacial score (nSPS) is 25.3. The van der Waals surface area contributed by atoms with Gasteiger partial charge in [-0.05, 0) is 51.0 Å². The molecule has 0 saturated carbocycles. The van der Waals surface area contributed by atoms with Gasteiger partial charge in [-0.3, -0.25) is 19.3 Å². The number of carbonyl (C=O) groups is 5. The van der Waals surface area contributed by atoms with Crippen molar-refractivity contribution in [2.75, 3.05) is 6.54 Å². The highest BCUT2D eigenvalue weighted by molar-refractivity contribution is 8.01. The number of imide groups is 1. The van der Waals surface area contributed by atoms with Crippen LogP contribution in [0.1, 0.15) is 43.4 Å². The van der Waals surface area contributed by atoms with Crippen LogP contribution in [0.4, 0.5) is 4.79 Å². The van der Waals surface area contributed by atoms with Gasteiger partial charge in [-0.15, -0.1) is 11.8 Å². The molecule has 0 radical (unpaired) electrons. The van der Waals surface area contributed by atoms with Crippen LogP contribution in [0, 0.1) is 6.92 Å². The second kappa shape index (κ2) is 9.92. The molecule has 1 unspecified atom stereocenters. The van der Waals surface area contributed by atoms with Crippen LogP contribution in [0.25, 0.3) is 6.08 Å². The number of carboxylic acid groups (broad SMARTS) is 1. The summed E-state index contributed by atoms with van der Waals surface area (Å²) in [6.45, 7) is 5.42. The molecule has 12 heteroatoms. The van der Waals surface area contributed by atoms with Crippen LogP contribution in [0.2, 0.25) is 0 Å². The number of fused-ring (bicyclic) bond motifs is 1. The fraction of sp³-hybridized carbons (Fsp3) is 0.370. The summed E-state index contributed by atoms with van der Waals surface area (Å²) < 4.78 is 4.76. The summed E-state index contributed by atoms with van der Waals surface area (Å²) >= 11 is 1.31. The van der Waals surface area contributed by atoms with Crippen LogP contribution < -0.4 is 10.6 Å². The van der Waals surface area contributed by atoms with Gasteiger partial charge in [-0.2, -0.15) is 0 Å². The lowest BCUT2D eigenvalue weighted by Gasteiger charge is -2.44. The quantitative estimate of drug-likeness (QED) is 0.365. The minimum absolute atomic E-state index is 0.139. The third-order valence-electron chi connectivity index (χ3n) is 7.08.